The van der Waals surface area contributed by atoms with Crippen LogP contribution in [0.4, 0.5) is 4.39 Å². The molecular weight excluding hydrogens is 289 g/mol. The van der Waals surface area contributed by atoms with E-state index in [1.54, 1.807) is 6.07 Å². The molecule has 2 aromatic rings. The molecular formula is C16H18FNO2S. The Hall–Kier alpha value is -1.72. The Morgan fingerprint density at radius 1 is 1.05 bits per heavy atom. The lowest BCUT2D eigenvalue weighted by molar-refractivity contribution is 0.587. The van der Waals surface area contributed by atoms with E-state index in [2.05, 4.69) is 4.72 Å². The van der Waals surface area contributed by atoms with Gasteiger partial charge in [-0.2, -0.15) is 0 Å². The van der Waals surface area contributed by atoms with Crippen LogP contribution < -0.4 is 4.72 Å². The van der Waals surface area contributed by atoms with Crippen molar-refractivity contribution in [2.75, 3.05) is 6.26 Å². The normalized spacial score (nSPS) is 11.6. The van der Waals surface area contributed by atoms with Gasteiger partial charge in [0.25, 0.3) is 0 Å². The zero-order valence-electron chi connectivity index (χ0n) is 12.3. The van der Waals surface area contributed by atoms with E-state index in [1.165, 1.54) is 12.1 Å². The van der Waals surface area contributed by atoms with Crippen molar-refractivity contribution in [3.8, 4) is 11.1 Å². The molecule has 0 aliphatic heterocycles. The third-order valence-electron chi connectivity index (χ3n) is 3.41. The number of aryl methyl sites for hydroxylation is 2. The SMILES string of the molecule is Cc1ccc(-c2cc(F)ccc2CNS(C)(=O)=O)cc1C. The molecule has 0 aliphatic carbocycles. The first kappa shape index (κ1) is 15.7. The van der Waals surface area contributed by atoms with E-state index < -0.39 is 10.0 Å². The first-order valence-corrected chi connectivity index (χ1v) is 8.46. The maximum Gasteiger partial charge on any atom is 0.209 e. The lowest BCUT2D eigenvalue weighted by atomic mass is 9.96. The Bertz CT molecular complexity index is 770. The maximum absolute atomic E-state index is 13.5. The van der Waals surface area contributed by atoms with Crippen molar-refractivity contribution in [1.82, 2.24) is 4.72 Å². The van der Waals surface area contributed by atoms with Gasteiger partial charge < -0.3 is 0 Å². The van der Waals surface area contributed by atoms with Gasteiger partial charge in [-0.3, -0.25) is 0 Å². The van der Waals surface area contributed by atoms with Gasteiger partial charge in [-0.05, 0) is 53.8 Å². The van der Waals surface area contributed by atoms with Gasteiger partial charge in [0.05, 0.1) is 6.26 Å². The monoisotopic (exact) mass is 307 g/mol. The highest BCUT2D eigenvalue weighted by molar-refractivity contribution is 7.88. The Balaban J connectivity index is 2.45. The third-order valence-corrected chi connectivity index (χ3v) is 4.08. The maximum atomic E-state index is 13.5. The molecule has 0 fully saturated rings. The fourth-order valence-corrected chi connectivity index (χ4v) is 2.51. The summed E-state index contributed by atoms with van der Waals surface area (Å²) in [5.41, 5.74) is 4.59. The van der Waals surface area contributed by atoms with Crippen LogP contribution in [-0.4, -0.2) is 14.7 Å². The summed E-state index contributed by atoms with van der Waals surface area (Å²) >= 11 is 0. The van der Waals surface area contributed by atoms with E-state index in [0.717, 1.165) is 28.5 Å². The Morgan fingerprint density at radius 3 is 2.38 bits per heavy atom. The summed E-state index contributed by atoms with van der Waals surface area (Å²) in [5, 5.41) is 0. The average Bonchev–Trinajstić information content (AvgIpc) is 2.39. The Labute approximate surface area is 124 Å². The minimum atomic E-state index is -3.29. The van der Waals surface area contributed by atoms with E-state index in [1.807, 2.05) is 32.0 Å². The number of sulfonamides is 1. The van der Waals surface area contributed by atoms with Gasteiger partial charge in [0.1, 0.15) is 5.82 Å². The van der Waals surface area contributed by atoms with E-state index >= 15 is 0 Å². The standard InChI is InChI=1S/C16H18FNO2S/c1-11-4-5-13(8-12(11)2)16-9-15(17)7-6-14(16)10-18-21(3,19)20/h4-9,18H,10H2,1-3H3. The zero-order chi connectivity index (χ0) is 15.6. The van der Waals surface area contributed by atoms with Crippen molar-refractivity contribution in [1.29, 1.82) is 0 Å². The minimum absolute atomic E-state index is 0.140. The van der Waals surface area contributed by atoms with Crippen LogP contribution in [0, 0.1) is 19.7 Å². The molecule has 3 nitrogen and oxygen atoms in total. The van der Waals surface area contributed by atoms with E-state index in [-0.39, 0.29) is 12.4 Å². The van der Waals surface area contributed by atoms with Crippen LogP contribution in [0.1, 0.15) is 16.7 Å². The van der Waals surface area contributed by atoms with Gasteiger partial charge in [0.2, 0.25) is 10.0 Å². The van der Waals surface area contributed by atoms with Crippen LogP contribution >= 0.6 is 0 Å². The third kappa shape index (κ3) is 4.12. The number of hydrogen-bond acceptors (Lipinski definition) is 2. The molecule has 112 valence electrons. The van der Waals surface area contributed by atoms with Crippen molar-refractivity contribution in [3.05, 3.63) is 58.9 Å². The molecule has 0 radical (unpaired) electrons. The van der Waals surface area contributed by atoms with Gasteiger partial charge in [0, 0.05) is 6.54 Å². The average molecular weight is 307 g/mol. The first-order chi connectivity index (χ1) is 9.76. The summed E-state index contributed by atoms with van der Waals surface area (Å²) in [7, 11) is -3.29. The predicted octanol–water partition coefficient (Wildman–Crippen LogP) is 3.16. The van der Waals surface area contributed by atoms with Crippen molar-refractivity contribution in [2.45, 2.75) is 20.4 Å². The topological polar surface area (TPSA) is 46.2 Å². The van der Waals surface area contributed by atoms with Crippen LogP contribution in [0.15, 0.2) is 36.4 Å². The van der Waals surface area contributed by atoms with Crippen LogP contribution in [-0.2, 0) is 16.6 Å². The van der Waals surface area contributed by atoms with Crippen molar-refractivity contribution < 1.29 is 12.8 Å². The van der Waals surface area contributed by atoms with E-state index in [4.69, 9.17) is 0 Å². The molecule has 5 heteroatoms. The van der Waals surface area contributed by atoms with Crippen LogP contribution in [0.3, 0.4) is 0 Å². The smallest absolute Gasteiger partial charge is 0.209 e. The molecule has 21 heavy (non-hydrogen) atoms. The molecule has 0 atom stereocenters. The lowest BCUT2D eigenvalue weighted by Crippen LogP contribution is -2.21. The second-order valence-electron chi connectivity index (χ2n) is 5.19. The van der Waals surface area contributed by atoms with Gasteiger partial charge in [-0.15, -0.1) is 0 Å². The Kier molecular flexibility index (Phi) is 4.44. The summed E-state index contributed by atoms with van der Waals surface area (Å²) in [4.78, 5) is 0. The summed E-state index contributed by atoms with van der Waals surface area (Å²) in [6, 6.07) is 10.3. The highest BCUT2D eigenvalue weighted by Crippen LogP contribution is 2.26. The molecule has 0 aliphatic rings. The molecule has 0 unspecified atom stereocenters. The number of rotatable bonds is 4. The number of benzene rings is 2. The Morgan fingerprint density at radius 2 is 1.76 bits per heavy atom. The molecule has 2 rings (SSSR count). The van der Waals surface area contributed by atoms with Gasteiger partial charge in [-0.1, -0.05) is 24.3 Å². The largest absolute Gasteiger partial charge is 0.213 e. The predicted molar refractivity (Wildman–Crippen MR) is 83.0 cm³/mol. The molecule has 0 saturated heterocycles. The molecule has 0 bridgehead atoms. The second-order valence-corrected chi connectivity index (χ2v) is 7.03. The summed E-state index contributed by atoms with van der Waals surface area (Å²) in [6.07, 6.45) is 1.10. The quantitative estimate of drug-likeness (QED) is 0.943. The van der Waals surface area contributed by atoms with Gasteiger partial charge >= 0.3 is 0 Å². The molecule has 0 heterocycles. The molecule has 0 spiro atoms. The van der Waals surface area contributed by atoms with E-state index in [0.29, 0.717) is 5.56 Å². The summed E-state index contributed by atoms with van der Waals surface area (Å²) in [6.45, 7) is 4.14. The summed E-state index contributed by atoms with van der Waals surface area (Å²) in [5.74, 6) is -0.341. The van der Waals surface area contributed by atoms with E-state index in [9.17, 15) is 12.8 Å². The van der Waals surface area contributed by atoms with Gasteiger partial charge in [0.15, 0.2) is 0 Å². The van der Waals surface area contributed by atoms with Crippen molar-refractivity contribution in [3.63, 3.8) is 0 Å². The summed E-state index contributed by atoms with van der Waals surface area (Å²) < 4.78 is 38.5. The highest BCUT2D eigenvalue weighted by Gasteiger charge is 2.10. The zero-order valence-corrected chi connectivity index (χ0v) is 13.1. The molecule has 0 aromatic heterocycles. The number of nitrogens with one attached hydrogen (secondary N) is 1. The second kappa shape index (κ2) is 5.95. The molecule has 2 aromatic carbocycles. The molecule has 1 N–H and O–H groups in total. The fraction of sp³-hybridized carbons (Fsp3) is 0.250. The van der Waals surface area contributed by atoms with Gasteiger partial charge in [-0.25, -0.2) is 17.5 Å². The number of halogens is 1. The fourth-order valence-electron chi connectivity index (χ4n) is 2.09. The number of hydrogen-bond donors (Lipinski definition) is 1. The first-order valence-electron chi connectivity index (χ1n) is 6.57. The van der Waals surface area contributed by atoms with Crippen molar-refractivity contribution in [2.24, 2.45) is 0 Å². The highest BCUT2D eigenvalue weighted by atomic mass is 32.2. The molecule has 0 amide bonds. The van der Waals surface area contributed by atoms with Crippen LogP contribution in [0.2, 0.25) is 0 Å². The molecule has 0 saturated carbocycles. The lowest BCUT2D eigenvalue weighted by Gasteiger charge is -2.12. The minimum Gasteiger partial charge on any atom is -0.213 e. The van der Waals surface area contributed by atoms with Crippen LogP contribution in [0.5, 0.6) is 0 Å². The van der Waals surface area contributed by atoms with Crippen molar-refractivity contribution >= 4 is 10.0 Å². The van der Waals surface area contributed by atoms with Crippen LogP contribution in [0.25, 0.3) is 11.1 Å².